The van der Waals surface area contributed by atoms with Gasteiger partial charge in [-0.1, -0.05) is 17.7 Å². The van der Waals surface area contributed by atoms with Gasteiger partial charge in [0.05, 0.1) is 0 Å². The molecule has 0 aliphatic heterocycles. The van der Waals surface area contributed by atoms with Crippen LogP contribution in [0.3, 0.4) is 0 Å². The maximum atomic E-state index is 11.8. The monoisotopic (exact) mass is 232 g/mol. The van der Waals surface area contributed by atoms with Gasteiger partial charge in [-0.05, 0) is 44.2 Å². The van der Waals surface area contributed by atoms with E-state index in [4.69, 9.17) is 5.73 Å². The maximum absolute atomic E-state index is 11.8. The molecule has 0 aromatic heterocycles. The minimum atomic E-state index is 0.0244. The van der Waals surface area contributed by atoms with Gasteiger partial charge in [0.2, 0.25) is 5.91 Å². The van der Waals surface area contributed by atoms with Gasteiger partial charge in [0.1, 0.15) is 0 Å². The third kappa shape index (κ3) is 3.30. The van der Waals surface area contributed by atoms with E-state index < -0.39 is 0 Å². The molecule has 0 radical (unpaired) electrons. The van der Waals surface area contributed by atoms with E-state index in [2.05, 4.69) is 11.4 Å². The van der Waals surface area contributed by atoms with E-state index in [0.29, 0.717) is 12.3 Å². The van der Waals surface area contributed by atoms with E-state index in [1.165, 1.54) is 18.4 Å². The molecule has 1 atom stereocenters. The van der Waals surface area contributed by atoms with Crippen LogP contribution in [0.5, 0.6) is 0 Å². The highest BCUT2D eigenvalue weighted by molar-refractivity contribution is 5.91. The van der Waals surface area contributed by atoms with Crippen molar-refractivity contribution in [3.63, 3.8) is 0 Å². The Bertz CT molecular complexity index is 424. The molecular formula is C14H20N2O. The van der Waals surface area contributed by atoms with Gasteiger partial charge in [-0.15, -0.1) is 0 Å². The average Bonchev–Trinajstić information content (AvgIpc) is 3.05. The second-order valence-corrected chi connectivity index (χ2v) is 5.07. The maximum Gasteiger partial charge on any atom is 0.225 e. The van der Waals surface area contributed by atoms with Crippen LogP contribution in [0.2, 0.25) is 0 Å². The Balaban J connectivity index is 1.92. The summed E-state index contributed by atoms with van der Waals surface area (Å²) in [6.45, 7) is 4.05. The fraction of sp³-hybridized carbons (Fsp3) is 0.500. The Morgan fingerprint density at radius 1 is 1.47 bits per heavy atom. The van der Waals surface area contributed by atoms with E-state index in [1.54, 1.807) is 0 Å². The molecule has 0 bridgehead atoms. The average molecular weight is 232 g/mol. The lowest BCUT2D eigenvalue weighted by Crippen LogP contribution is -2.29. The summed E-state index contributed by atoms with van der Waals surface area (Å²) in [5.74, 6) is 0.594. The zero-order chi connectivity index (χ0) is 12.4. The van der Waals surface area contributed by atoms with Crippen LogP contribution in [0.1, 0.15) is 30.4 Å². The molecule has 1 aromatic rings. The summed E-state index contributed by atoms with van der Waals surface area (Å²) in [6.07, 6.45) is 2.79. The number of anilines is 1. The van der Waals surface area contributed by atoms with Gasteiger partial charge in [0, 0.05) is 18.2 Å². The standard InChI is InChI=1S/C14H20N2O/c1-9-3-6-13(10(2)7-9)16-14(17)8-12(15)11-4-5-11/h3,6-7,11-12H,4-5,8,15H2,1-2H3,(H,16,17). The number of amides is 1. The summed E-state index contributed by atoms with van der Waals surface area (Å²) in [6, 6.07) is 6.05. The molecule has 1 saturated carbocycles. The third-order valence-electron chi connectivity index (χ3n) is 3.30. The minimum Gasteiger partial charge on any atom is -0.327 e. The van der Waals surface area contributed by atoms with Crippen LogP contribution in [0, 0.1) is 19.8 Å². The number of hydrogen-bond acceptors (Lipinski definition) is 2. The van der Waals surface area contributed by atoms with E-state index in [1.807, 2.05) is 26.0 Å². The van der Waals surface area contributed by atoms with Gasteiger partial charge in [-0.3, -0.25) is 4.79 Å². The highest BCUT2D eigenvalue weighted by atomic mass is 16.1. The number of rotatable bonds is 4. The molecule has 0 heterocycles. The molecule has 3 heteroatoms. The summed E-state index contributed by atoms with van der Waals surface area (Å²) < 4.78 is 0. The first kappa shape index (κ1) is 12.1. The molecular weight excluding hydrogens is 212 g/mol. The first-order chi connectivity index (χ1) is 8.06. The summed E-state index contributed by atoms with van der Waals surface area (Å²) in [5, 5.41) is 2.93. The van der Waals surface area contributed by atoms with E-state index in [-0.39, 0.29) is 11.9 Å². The SMILES string of the molecule is Cc1ccc(NC(=O)CC(N)C2CC2)c(C)c1. The second-order valence-electron chi connectivity index (χ2n) is 5.07. The quantitative estimate of drug-likeness (QED) is 0.837. The number of nitrogens with one attached hydrogen (secondary N) is 1. The topological polar surface area (TPSA) is 55.1 Å². The Labute approximate surface area is 102 Å². The first-order valence-corrected chi connectivity index (χ1v) is 6.19. The highest BCUT2D eigenvalue weighted by Crippen LogP contribution is 2.32. The summed E-state index contributed by atoms with van der Waals surface area (Å²) in [5.41, 5.74) is 9.13. The predicted octanol–water partition coefficient (Wildman–Crippen LogP) is 2.37. The largest absolute Gasteiger partial charge is 0.327 e. The summed E-state index contributed by atoms with van der Waals surface area (Å²) in [4.78, 5) is 11.8. The number of nitrogens with two attached hydrogens (primary N) is 1. The number of carbonyl (C=O) groups excluding carboxylic acids is 1. The van der Waals surface area contributed by atoms with Crippen molar-refractivity contribution >= 4 is 11.6 Å². The van der Waals surface area contributed by atoms with E-state index in [9.17, 15) is 4.79 Å². The number of benzene rings is 1. The van der Waals surface area contributed by atoms with Crippen LogP contribution in [-0.4, -0.2) is 11.9 Å². The zero-order valence-electron chi connectivity index (χ0n) is 10.5. The van der Waals surface area contributed by atoms with Crippen molar-refractivity contribution in [1.29, 1.82) is 0 Å². The fourth-order valence-corrected chi connectivity index (χ4v) is 2.06. The number of hydrogen-bond donors (Lipinski definition) is 2. The van der Waals surface area contributed by atoms with Crippen LogP contribution >= 0.6 is 0 Å². The van der Waals surface area contributed by atoms with Crippen molar-refractivity contribution in [3.05, 3.63) is 29.3 Å². The zero-order valence-corrected chi connectivity index (χ0v) is 10.5. The summed E-state index contributed by atoms with van der Waals surface area (Å²) >= 11 is 0. The highest BCUT2D eigenvalue weighted by Gasteiger charge is 2.29. The van der Waals surface area contributed by atoms with E-state index >= 15 is 0 Å². The molecule has 1 aliphatic carbocycles. The van der Waals surface area contributed by atoms with Crippen LogP contribution in [-0.2, 0) is 4.79 Å². The molecule has 2 rings (SSSR count). The molecule has 1 aromatic carbocycles. The van der Waals surface area contributed by atoms with Crippen LogP contribution in [0.25, 0.3) is 0 Å². The molecule has 1 fully saturated rings. The molecule has 1 aliphatic rings. The fourth-order valence-electron chi connectivity index (χ4n) is 2.06. The van der Waals surface area contributed by atoms with Crippen molar-refractivity contribution in [3.8, 4) is 0 Å². The van der Waals surface area contributed by atoms with Gasteiger partial charge >= 0.3 is 0 Å². The number of aryl methyl sites for hydroxylation is 2. The van der Waals surface area contributed by atoms with Crippen molar-refractivity contribution in [2.24, 2.45) is 11.7 Å². The Hall–Kier alpha value is -1.35. The lowest BCUT2D eigenvalue weighted by molar-refractivity contribution is -0.116. The van der Waals surface area contributed by atoms with Gasteiger partial charge in [0.15, 0.2) is 0 Å². The van der Waals surface area contributed by atoms with Gasteiger partial charge in [-0.2, -0.15) is 0 Å². The van der Waals surface area contributed by atoms with Crippen LogP contribution in [0.4, 0.5) is 5.69 Å². The van der Waals surface area contributed by atoms with Gasteiger partial charge in [0.25, 0.3) is 0 Å². The Morgan fingerprint density at radius 3 is 2.76 bits per heavy atom. The van der Waals surface area contributed by atoms with Gasteiger partial charge < -0.3 is 11.1 Å². The molecule has 0 saturated heterocycles. The normalized spacial score (nSPS) is 16.6. The molecule has 1 amide bonds. The molecule has 3 N–H and O–H groups in total. The van der Waals surface area contributed by atoms with Gasteiger partial charge in [-0.25, -0.2) is 0 Å². The van der Waals surface area contributed by atoms with Crippen molar-refractivity contribution in [2.75, 3.05) is 5.32 Å². The molecule has 3 nitrogen and oxygen atoms in total. The predicted molar refractivity (Wildman–Crippen MR) is 69.9 cm³/mol. The van der Waals surface area contributed by atoms with E-state index in [0.717, 1.165) is 11.3 Å². The number of carbonyl (C=O) groups is 1. The minimum absolute atomic E-state index is 0.0244. The van der Waals surface area contributed by atoms with Crippen LogP contribution in [0.15, 0.2) is 18.2 Å². The molecule has 17 heavy (non-hydrogen) atoms. The lowest BCUT2D eigenvalue weighted by atomic mass is 10.1. The lowest BCUT2D eigenvalue weighted by Gasteiger charge is -2.12. The van der Waals surface area contributed by atoms with Crippen LogP contribution < -0.4 is 11.1 Å². The second kappa shape index (κ2) is 4.88. The third-order valence-corrected chi connectivity index (χ3v) is 3.30. The summed E-state index contributed by atoms with van der Waals surface area (Å²) in [7, 11) is 0. The van der Waals surface area contributed by atoms with Crippen molar-refractivity contribution < 1.29 is 4.79 Å². The van der Waals surface area contributed by atoms with Crippen molar-refractivity contribution in [2.45, 2.75) is 39.2 Å². The molecule has 92 valence electrons. The van der Waals surface area contributed by atoms with Crippen molar-refractivity contribution in [1.82, 2.24) is 0 Å². The Kier molecular flexibility index (Phi) is 3.48. The molecule has 0 spiro atoms. The first-order valence-electron chi connectivity index (χ1n) is 6.19. The Morgan fingerprint density at radius 2 is 2.18 bits per heavy atom. The smallest absolute Gasteiger partial charge is 0.225 e. The molecule has 1 unspecified atom stereocenters.